The molecule has 0 bridgehead atoms. The zero-order valence-corrected chi connectivity index (χ0v) is 44.6. The molecule has 0 atom stereocenters. The summed E-state index contributed by atoms with van der Waals surface area (Å²) in [5.41, 5.74) is 8.63. The van der Waals surface area contributed by atoms with E-state index in [0.717, 1.165) is 19.6 Å². The number of rotatable bonds is 36. The number of nitrogens with zero attached hydrogens (tertiary/aromatic N) is 3. The number of halogens is 1. The highest BCUT2D eigenvalue weighted by molar-refractivity contribution is 9.10. The van der Waals surface area contributed by atoms with Crippen LogP contribution in [-0.4, -0.2) is 13.7 Å². The molecular formula is C63H92BrN3. The van der Waals surface area contributed by atoms with Crippen molar-refractivity contribution in [1.82, 2.24) is 13.7 Å². The standard InChI is InChI=1S/C63H92BrN3/c1-4-7-10-13-16-19-22-25-28-31-38-47-65-56-44-37-35-42-53(56)59-61(65)58-52-41-34-36-43-55(52)66(48-39-32-29-26-23-20-17-14-11-8-5-2)62(58)60-54-46-45-51(64)50-57(54)67(63(59)60)49-40-33-30-27-24-21-18-15-12-9-6-3/h34-37,41-46,50H,4-33,38-40,47-49H2,1-3H3. The molecule has 366 valence electrons. The minimum absolute atomic E-state index is 1.06. The third kappa shape index (κ3) is 13.6. The molecule has 67 heavy (non-hydrogen) atoms. The van der Waals surface area contributed by atoms with Gasteiger partial charge in [-0.15, -0.1) is 0 Å². The van der Waals surface area contributed by atoms with E-state index in [1.807, 2.05) is 0 Å². The van der Waals surface area contributed by atoms with Crippen LogP contribution < -0.4 is 0 Å². The van der Waals surface area contributed by atoms with Crippen LogP contribution in [0.15, 0.2) is 71.2 Å². The van der Waals surface area contributed by atoms with Crippen LogP contribution in [-0.2, 0) is 19.6 Å². The number of unbranched alkanes of at least 4 members (excludes halogenated alkanes) is 30. The van der Waals surface area contributed by atoms with Gasteiger partial charge in [-0.25, -0.2) is 0 Å². The minimum atomic E-state index is 1.06. The van der Waals surface area contributed by atoms with E-state index in [-0.39, 0.29) is 0 Å². The van der Waals surface area contributed by atoms with Gasteiger partial charge < -0.3 is 13.7 Å². The highest BCUT2D eigenvalue weighted by Gasteiger charge is 2.27. The average Bonchev–Trinajstić information content (AvgIpc) is 3.96. The van der Waals surface area contributed by atoms with Gasteiger partial charge in [-0.1, -0.05) is 272 Å². The van der Waals surface area contributed by atoms with Gasteiger partial charge in [-0.05, 0) is 43.5 Å². The fourth-order valence-corrected chi connectivity index (χ4v) is 12.3. The molecule has 0 aliphatic carbocycles. The van der Waals surface area contributed by atoms with E-state index in [9.17, 15) is 0 Å². The molecule has 0 fully saturated rings. The topological polar surface area (TPSA) is 14.8 Å². The van der Waals surface area contributed by atoms with Gasteiger partial charge in [0.25, 0.3) is 0 Å². The van der Waals surface area contributed by atoms with Gasteiger partial charge in [-0.3, -0.25) is 0 Å². The Morgan fingerprint density at radius 1 is 0.299 bits per heavy atom. The number of para-hydroxylation sites is 2. The van der Waals surface area contributed by atoms with E-state index in [0.29, 0.717) is 0 Å². The van der Waals surface area contributed by atoms with E-state index in [1.165, 1.54) is 282 Å². The quantitative estimate of drug-likeness (QED) is 0.0348. The maximum absolute atomic E-state index is 3.97. The maximum atomic E-state index is 3.97. The van der Waals surface area contributed by atoms with Gasteiger partial charge in [0.05, 0.1) is 22.1 Å². The third-order valence-electron chi connectivity index (χ3n) is 15.6. The van der Waals surface area contributed by atoms with Gasteiger partial charge in [0.1, 0.15) is 0 Å². The highest BCUT2D eigenvalue weighted by atomic mass is 79.9. The van der Waals surface area contributed by atoms with E-state index < -0.39 is 0 Å². The molecule has 0 spiro atoms. The Morgan fingerprint density at radius 3 is 0.896 bits per heavy atom. The summed E-state index contributed by atoms with van der Waals surface area (Å²) in [5.74, 6) is 0. The number of hydrogen-bond acceptors (Lipinski definition) is 0. The molecule has 3 nitrogen and oxygen atoms in total. The molecular weight excluding hydrogens is 879 g/mol. The van der Waals surface area contributed by atoms with Crippen LogP contribution in [0.4, 0.5) is 0 Å². The Morgan fingerprint density at radius 2 is 0.567 bits per heavy atom. The van der Waals surface area contributed by atoms with Crippen LogP contribution in [0.25, 0.3) is 65.4 Å². The van der Waals surface area contributed by atoms with E-state index >= 15 is 0 Å². The molecule has 0 aliphatic rings. The average molecular weight is 971 g/mol. The summed E-state index contributed by atoms with van der Waals surface area (Å²) in [6.45, 7) is 10.2. The normalized spacial score (nSPS) is 12.2. The van der Waals surface area contributed by atoms with Crippen LogP contribution in [0.1, 0.15) is 233 Å². The van der Waals surface area contributed by atoms with Crippen molar-refractivity contribution in [1.29, 1.82) is 0 Å². The van der Waals surface area contributed by atoms with Crippen molar-refractivity contribution in [2.75, 3.05) is 0 Å². The maximum Gasteiger partial charge on any atom is 0.0614 e. The first-order chi connectivity index (χ1) is 33.2. The number of aryl methyl sites for hydroxylation is 3. The second-order valence-electron chi connectivity index (χ2n) is 20.9. The minimum Gasteiger partial charge on any atom is -0.340 e. The van der Waals surface area contributed by atoms with Crippen LogP contribution in [0.5, 0.6) is 0 Å². The lowest BCUT2D eigenvalue weighted by molar-refractivity contribution is 0.536. The fourth-order valence-electron chi connectivity index (χ4n) is 11.9. The first-order valence-electron chi connectivity index (χ1n) is 28.7. The lowest BCUT2D eigenvalue weighted by atomic mass is 10.0. The molecule has 0 radical (unpaired) electrons. The molecule has 0 unspecified atom stereocenters. The van der Waals surface area contributed by atoms with Crippen molar-refractivity contribution in [2.24, 2.45) is 0 Å². The van der Waals surface area contributed by atoms with Gasteiger partial charge >= 0.3 is 0 Å². The van der Waals surface area contributed by atoms with Crippen LogP contribution in [0.3, 0.4) is 0 Å². The fraction of sp³-hybridized carbons (Fsp3) is 0.619. The lowest BCUT2D eigenvalue weighted by Gasteiger charge is -2.13. The van der Waals surface area contributed by atoms with Crippen molar-refractivity contribution >= 4 is 81.3 Å². The predicted molar refractivity (Wildman–Crippen MR) is 303 cm³/mol. The van der Waals surface area contributed by atoms with Gasteiger partial charge in [-0.2, -0.15) is 0 Å². The molecule has 0 amide bonds. The van der Waals surface area contributed by atoms with Crippen LogP contribution in [0.2, 0.25) is 0 Å². The van der Waals surface area contributed by atoms with Gasteiger partial charge in [0.15, 0.2) is 0 Å². The zero-order chi connectivity index (χ0) is 46.5. The summed E-state index contributed by atoms with van der Waals surface area (Å²) in [7, 11) is 0. The lowest BCUT2D eigenvalue weighted by Crippen LogP contribution is -2.02. The third-order valence-corrected chi connectivity index (χ3v) is 16.1. The van der Waals surface area contributed by atoms with Crippen molar-refractivity contribution in [2.45, 2.75) is 252 Å². The number of benzene rings is 4. The van der Waals surface area contributed by atoms with E-state index in [2.05, 4.69) is 117 Å². The SMILES string of the molecule is CCCCCCCCCCCCCn1c2ccccc2c2c1c1c3ccc(Br)cc3n(CCCCCCCCCCCCC)c1c1c3ccccc3n(CCCCCCCCCCCCC)c21. The van der Waals surface area contributed by atoms with Gasteiger partial charge in [0, 0.05) is 67.5 Å². The highest BCUT2D eigenvalue weighted by Crippen LogP contribution is 2.48. The molecule has 3 aromatic heterocycles. The Bertz CT molecular complexity index is 2510. The molecule has 7 rings (SSSR count). The van der Waals surface area contributed by atoms with Crippen LogP contribution >= 0.6 is 15.9 Å². The van der Waals surface area contributed by atoms with Crippen molar-refractivity contribution < 1.29 is 0 Å². The largest absolute Gasteiger partial charge is 0.340 e. The summed E-state index contributed by atoms with van der Waals surface area (Å²) in [5, 5.41) is 8.71. The van der Waals surface area contributed by atoms with Crippen LogP contribution in [0, 0.1) is 0 Å². The smallest absolute Gasteiger partial charge is 0.0614 e. The summed E-state index contributed by atoms with van der Waals surface area (Å²) in [6.07, 6.45) is 45.3. The summed E-state index contributed by atoms with van der Waals surface area (Å²) >= 11 is 3.97. The summed E-state index contributed by atoms with van der Waals surface area (Å²) < 4.78 is 9.54. The predicted octanol–water partition coefficient (Wildman–Crippen LogP) is 21.7. The summed E-state index contributed by atoms with van der Waals surface area (Å²) in [6, 6.07) is 26.1. The second kappa shape index (κ2) is 28.4. The number of fused-ring (bicyclic) bond motifs is 12. The van der Waals surface area contributed by atoms with Crippen molar-refractivity contribution in [3.63, 3.8) is 0 Å². The Balaban J connectivity index is 1.23. The molecule has 7 aromatic rings. The first kappa shape index (κ1) is 51.6. The Hall–Kier alpha value is -3.24. The van der Waals surface area contributed by atoms with Crippen molar-refractivity contribution in [3.05, 3.63) is 71.2 Å². The van der Waals surface area contributed by atoms with E-state index in [4.69, 9.17) is 0 Å². The number of aromatic nitrogens is 3. The van der Waals surface area contributed by atoms with E-state index in [1.54, 1.807) is 0 Å². The molecule has 0 saturated heterocycles. The summed E-state index contributed by atoms with van der Waals surface area (Å²) in [4.78, 5) is 0. The Kier molecular flexibility index (Phi) is 21.9. The zero-order valence-electron chi connectivity index (χ0n) is 43.0. The second-order valence-corrected chi connectivity index (χ2v) is 21.8. The van der Waals surface area contributed by atoms with Gasteiger partial charge in [0.2, 0.25) is 0 Å². The molecule has 0 saturated carbocycles. The monoisotopic (exact) mass is 970 g/mol. The molecule has 0 N–H and O–H groups in total. The molecule has 4 heteroatoms. The first-order valence-corrected chi connectivity index (χ1v) is 29.5. The molecule has 3 heterocycles. The molecule has 0 aliphatic heterocycles. The molecule has 4 aromatic carbocycles. The van der Waals surface area contributed by atoms with Crippen molar-refractivity contribution in [3.8, 4) is 0 Å². The Labute approximate surface area is 416 Å². The number of hydrogen-bond donors (Lipinski definition) is 0.